The topological polar surface area (TPSA) is 40.1 Å². The molecule has 0 bridgehead atoms. The molecule has 8 heavy (non-hydrogen) atoms. The molecular formula is C4H13GeNO2. The first kappa shape index (κ1) is 11.0. The molecule has 0 radical (unpaired) electrons. The summed E-state index contributed by atoms with van der Waals surface area (Å²) in [6.45, 7) is 0. The summed E-state index contributed by atoms with van der Waals surface area (Å²) in [4.78, 5) is 0. The van der Waals surface area contributed by atoms with Gasteiger partial charge in [0.05, 0.1) is 28.2 Å². The number of hydrogen-bond donors (Lipinski definition) is 0. The fraction of sp³-hybridized carbons (Fsp3) is 1.00. The Morgan fingerprint density at radius 2 is 1.25 bits per heavy atom. The zero-order valence-corrected chi connectivity index (χ0v) is 8.26. The van der Waals surface area contributed by atoms with Crippen molar-refractivity contribution in [2.45, 2.75) is 0 Å². The SMILES string of the molecule is C[N+](C)(C)C.[O]=[GeH][O-]. The van der Waals surface area contributed by atoms with E-state index in [0.29, 0.717) is 0 Å². The zero-order chi connectivity index (χ0) is 7.21. The number of nitrogens with zero attached hydrogens (tertiary/aromatic N) is 1. The van der Waals surface area contributed by atoms with Crippen molar-refractivity contribution in [3.63, 3.8) is 0 Å². The molecule has 0 saturated heterocycles. The van der Waals surface area contributed by atoms with Crippen molar-refractivity contribution >= 4 is 15.7 Å². The van der Waals surface area contributed by atoms with Gasteiger partial charge in [-0.2, -0.15) is 0 Å². The predicted molar refractivity (Wildman–Crippen MR) is 31.8 cm³/mol. The third kappa shape index (κ3) is 15000. The molecule has 0 fully saturated rings. The molecule has 0 spiro atoms. The van der Waals surface area contributed by atoms with E-state index < -0.39 is 15.7 Å². The van der Waals surface area contributed by atoms with E-state index in [0.717, 1.165) is 4.48 Å². The molecule has 0 aromatic heterocycles. The molecular weight excluding hydrogens is 167 g/mol. The summed E-state index contributed by atoms with van der Waals surface area (Å²) in [6.07, 6.45) is 0. The first-order chi connectivity index (χ1) is 3.41. The summed E-state index contributed by atoms with van der Waals surface area (Å²) in [7, 11) is 8.50. The van der Waals surface area contributed by atoms with E-state index in [-0.39, 0.29) is 0 Å². The van der Waals surface area contributed by atoms with Crippen LogP contribution in [-0.2, 0) is 3.78 Å². The number of quaternary nitrogens is 1. The second-order valence-electron chi connectivity index (χ2n) is 2.78. The number of rotatable bonds is 0. The molecule has 4 heteroatoms. The van der Waals surface area contributed by atoms with Gasteiger partial charge in [-0.3, -0.25) is 0 Å². The molecule has 0 rings (SSSR count). The molecule has 0 amide bonds. The van der Waals surface area contributed by atoms with Crippen LogP contribution in [0.4, 0.5) is 0 Å². The van der Waals surface area contributed by atoms with Gasteiger partial charge in [0, 0.05) is 0 Å². The quantitative estimate of drug-likeness (QED) is 0.331. The summed E-state index contributed by atoms with van der Waals surface area (Å²) in [5.74, 6) is 0. The molecule has 0 aromatic rings. The molecule has 0 saturated carbocycles. The molecule has 0 aromatic carbocycles. The molecule has 0 N–H and O–H groups in total. The third-order valence-electron chi connectivity index (χ3n) is 0. The minimum absolute atomic E-state index is 1.00. The van der Waals surface area contributed by atoms with Crippen molar-refractivity contribution in [1.82, 2.24) is 0 Å². The van der Waals surface area contributed by atoms with Gasteiger partial charge in [-0.1, -0.05) is 0 Å². The monoisotopic (exact) mass is 181 g/mol. The van der Waals surface area contributed by atoms with E-state index in [4.69, 9.17) is 7.91 Å². The predicted octanol–water partition coefficient (Wildman–Crippen LogP) is -1.63. The number of hydrogen-bond acceptors (Lipinski definition) is 2. The van der Waals surface area contributed by atoms with Crippen LogP contribution in [0.25, 0.3) is 0 Å². The van der Waals surface area contributed by atoms with Crippen LogP contribution in [0, 0.1) is 0 Å². The van der Waals surface area contributed by atoms with Gasteiger partial charge in [-0.25, -0.2) is 0 Å². The van der Waals surface area contributed by atoms with Crippen molar-refractivity contribution in [2.24, 2.45) is 0 Å². The van der Waals surface area contributed by atoms with Crippen molar-refractivity contribution in [3.05, 3.63) is 0 Å². The maximum absolute atomic E-state index is 8.53. The van der Waals surface area contributed by atoms with Crippen LogP contribution in [0.2, 0.25) is 0 Å². The van der Waals surface area contributed by atoms with Gasteiger partial charge in [0.1, 0.15) is 0 Å². The van der Waals surface area contributed by atoms with Gasteiger partial charge in [-0.15, -0.1) is 0 Å². The van der Waals surface area contributed by atoms with Crippen molar-refractivity contribution < 1.29 is 12.4 Å². The van der Waals surface area contributed by atoms with Crippen LogP contribution < -0.4 is 4.13 Å². The molecule has 0 heterocycles. The third-order valence-corrected chi connectivity index (χ3v) is 0. The van der Waals surface area contributed by atoms with E-state index in [1.807, 2.05) is 0 Å². The maximum atomic E-state index is 8.53. The first-order valence-corrected chi connectivity index (χ1v) is 4.24. The van der Waals surface area contributed by atoms with Crippen molar-refractivity contribution in [1.29, 1.82) is 0 Å². The first-order valence-electron chi connectivity index (χ1n) is 2.26. The van der Waals surface area contributed by atoms with Crippen molar-refractivity contribution in [2.75, 3.05) is 28.2 Å². The van der Waals surface area contributed by atoms with E-state index in [1.165, 1.54) is 0 Å². The Hall–Kier alpha value is 0.103. The fourth-order valence-electron chi connectivity index (χ4n) is 0. The summed E-state index contributed by atoms with van der Waals surface area (Å²) in [6, 6.07) is 0. The molecule has 0 atom stereocenters. The second-order valence-corrected chi connectivity index (χ2v) is 3.18. The van der Waals surface area contributed by atoms with Gasteiger partial charge in [0.15, 0.2) is 0 Å². The van der Waals surface area contributed by atoms with Gasteiger partial charge < -0.3 is 4.48 Å². The minimum atomic E-state index is -2.19. The van der Waals surface area contributed by atoms with E-state index in [1.54, 1.807) is 0 Å². The van der Waals surface area contributed by atoms with Gasteiger partial charge in [-0.05, 0) is 0 Å². The van der Waals surface area contributed by atoms with Gasteiger partial charge in [0.25, 0.3) is 0 Å². The summed E-state index contributed by atoms with van der Waals surface area (Å²) in [5.41, 5.74) is 0. The Morgan fingerprint density at radius 1 is 1.25 bits per heavy atom. The van der Waals surface area contributed by atoms with Crippen LogP contribution in [0.3, 0.4) is 0 Å². The van der Waals surface area contributed by atoms with E-state index >= 15 is 0 Å². The Balaban J connectivity index is 0. The normalized spacial score (nSPS) is 9.00. The summed E-state index contributed by atoms with van der Waals surface area (Å²) >= 11 is -2.19. The fourth-order valence-corrected chi connectivity index (χ4v) is 0. The molecule has 0 aliphatic rings. The Morgan fingerprint density at radius 3 is 1.25 bits per heavy atom. The van der Waals surface area contributed by atoms with Crippen LogP contribution in [0.1, 0.15) is 0 Å². The molecule has 3 nitrogen and oxygen atoms in total. The van der Waals surface area contributed by atoms with Gasteiger partial charge in [0.2, 0.25) is 0 Å². The molecule has 0 aliphatic heterocycles. The van der Waals surface area contributed by atoms with Crippen molar-refractivity contribution in [3.8, 4) is 0 Å². The van der Waals surface area contributed by atoms with Gasteiger partial charge >= 0.3 is 23.6 Å². The van der Waals surface area contributed by atoms with E-state index in [9.17, 15) is 0 Å². The molecule has 0 aliphatic carbocycles. The zero-order valence-electron chi connectivity index (χ0n) is 5.84. The van der Waals surface area contributed by atoms with Crippen LogP contribution >= 0.6 is 0 Å². The average molecular weight is 180 g/mol. The molecule has 0 unspecified atom stereocenters. The van der Waals surface area contributed by atoms with Crippen LogP contribution in [-0.4, -0.2) is 48.4 Å². The van der Waals surface area contributed by atoms with Crippen LogP contribution in [0.5, 0.6) is 0 Å². The Kier molecular flexibility index (Phi) is 7.19. The second kappa shape index (κ2) is 5.24. The summed E-state index contributed by atoms with van der Waals surface area (Å²) in [5, 5.41) is 0. The Labute approximate surface area is 56.9 Å². The van der Waals surface area contributed by atoms with Crippen LogP contribution in [0.15, 0.2) is 0 Å². The Bertz CT molecular complexity index is 53.5. The summed E-state index contributed by atoms with van der Waals surface area (Å²) < 4.78 is 18.1. The average Bonchev–Trinajstić information content (AvgIpc) is 1.27. The standard InChI is InChI=1S/C4H12N.GeHO2/c1-5(2,3)4;2-1-3/h1-4H3;1H/q+1;-1. The van der Waals surface area contributed by atoms with E-state index in [2.05, 4.69) is 28.2 Å². The molecule has 50 valence electrons.